The van der Waals surface area contributed by atoms with E-state index in [-0.39, 0.29) is 5.75 Å². The molecule has 0 atom stereocenters. The molecule has 0 spiro atoms. The molecular weight excluding hydrogens is 405 g/mol. The summed E-state index contributed by atoms with van der Waals surface area (Å²) in [4.78, 5) is 7.94. The van der Waals surface area contributed by atoms with Crippen molar-refractivity contribution in [2.24, 2.45) is 0 Å². The van der Waals surface area contributed by atoms with Crippen molar-refractivity contribution in [3.8, 4) is 5.75 Å². The number of aromatic amines is 1. The minimum absolute atomic E-state index is 0.307. The van der Waals surface area contributed by atoms with Crippen LogP contribution in [0, 0.1) is 13.8 Å². The SMILES string of the molecule is Cc1cc(OS(=O)(=O)C(F)(F)F)cc(C)c1Cc1ccc2[nH]cc(C(C)C)c2n1. The smallest absolute Gasteiger partial charge is 0.376 e. The van der Waals surface area contributed by atoms with Crippen LogP contribution in [0.3, 0.4) is 0 Å². The summed E-state index contributed by atoms with van der Waals surface area (Å²) in [5.74, 6) is -0.0563. The van der Waals surface area contributed by atoms with Crippen LogP contribution in [0.25, 0.3) is 11.0 Å². The van der Waals surface area contributed by atoms with E-state index in [9.17, 15) is 21.6 Å². The molecule has 0 bridgehead atoms. The maximum absolute atomic E-state index is 12.6. The molecule has 0 saturated heterocycles. The third-order valence-electron chi connectivity index (χ3n) is 4.75. The quantitative estimate of drug-likeness (QED) is 0.454. The number of aryl methyl sites for hydroxylation is 2. The van der Waals surface area contributed by atoms with Crippen molar-refractivity contribution in [1.29, 1.82) is 0 Å². The summed E-state index contributed by atoms with van der Waals surface area (Å²) in [6.07, 6.45) is 2.40. The number of pyridine rings is 1. The van der Waals surface area contributed by atoms with Gasteiger partial charge in [0.25, 0.3) is 0 Å². The standard InChI is InChI=1S/C20H21F3N2O3S/c1-11(2)17-10-24-18-6-5-14(25-19(17)18)9-16-12(3)7-15(8-13(16)4)28-29(26,27)20(21,22)23/h5-8,10-11,24H,9H2,1-4H3. The van der Waals surface area contributed by atoms with Gasteiger partial charge < -0.3 is 9.17 Å². The van der Waals surface area contributed by atoms with Crippen molar-refractivity contribution in [2.75, 3.05) is 0 Å². The predicted molar refractivity (Wildman–Crippen MR) is 105 cm³/mol. The third-order valence-corrected chi connectivity index (χ3v) is 5.73. The maximum Gasteiger partial charge on any atom is 0.534 e. The molecule has 0 aliphatic carbocycles. The average molecular weight is 426 g/mol. The Morgan fingerprint density at radius 2 is 1.76 bits per heavy atom. The normalized spacial score (nSPS) is 12.7. The fraction of sp³-hybridized carbons (Fsp3) is 0.350. The van der Waals surface area contributed by atoms with Crippen LogP contribution in [0.5, 0.6) is 5.75 Å². The summed E-state index contributed by atoms with van der Waals surface area (Å²) in [6, 6.07) is 6.42. The van der Waals surface area contributed by atoms with E-state index >= 15 is 0 Å². The maximum atomic E-state index is 12.6. The lowest BCUT2D eigenvalue weighted by molar-refractivity contribution is -0.0500. The summed E-state index contributed by atoms with van der Waals surface area (Å²) in [5, 5.41) is 0. The van der Waals surface area contributed by atoms with Gasteiger partial charge in [-0.25, -0.2) is 0 Å². The Hall–Kier alpha value is -2.55. The molecule has 1 aromatic carbocycles. The van der Waals surface area contributed by atoms with Gasteiger partial charge in [0.15, 0.2) is 0 Å². The van der Waals surface area contributed by atoms with Crippen molar-refractivity contribution < 1.29 is 25.8 Å². The molecule has 0 unspecified atom stereocenters. The van der Waals surface area contributed by atoms with Crippen molar-refractivity contribution in [2.45, 2.75) is 45.5 Å². The molecule has 156 valence electrons. The first-order chi connectivity index (χ1) is 13.4. The first kappa shape index (κ1) is 21.2. The molecule has 2 heterocycles. The summed E-state index contributed by atoms with van der Waals surface area (Å²) < 4.78 is 64.4. The lowest BCUT2D eigenvalue weighted by Crippen LogP contribution is -2.28. The molecule has 0 saturated carbocycles. The van der Waals surface area contributed by atoms with Gasteiger partial charge in [-0.05, 0) is 66.3 Å². The first-order valence-electron chi connectivity index (χ1n) is 8.97. The summed E-state index contributed by atoms with van der Waals surface area (Å²) in [6.45, 7) is 7.56. The van der Waals surface area contributed by atoms with Gasteiger partial charge in [-0.15, -0.1) is 0 Å². The molecule has 5 nitrogen and oxygen atoms in total. The number of alkyl halides is 3. The van der Waals surface area contributed by atoms with E-state index in [0.717, 1.165) is 27.9 Å². The third kappa shape index (κ3) is 4.24. The molecule has 0 amide bonds. The first-order valence-corrected chi connectivity index (χ1v) is 10.4. The molecule has 2 aromatic heterocycles. The molecule has 0 aliphatic rings. The summed E-state index contributed by atoms with van der Waals surface area (Å²) in [5.41, 5.74) is 0.372. The number of nitrogens with one attached hydrogen (secondary N) is 1. The highest BCUT2D eigenvalue weighted by Crippen LogP contribution is 2.30. The van der Waals surface area contributed by atoms with Crippen LogP contribution in [0.4, 0.5) is 13.2 Å². The Morgan fingerprint density at radius 1 is 1.14 bits per heavy atom. The van der Waals surface area contributed by atoms with Crippen LogP contribution >= 0.6 is 0 Å². The Bertz CT molecular complexity index is 1140. The number of hydrogen-bond donors (Lipinski definition) is 1. The minimum atomic E-state index is -5.70. The van der Waals surface area contributed by atoms with Crippen molar-refractivity contribution in [3.63, 3.8) is 0 Å². The molecular formula is C20H21F3N2O3S. The van der Waals surface area contributed by atoms with Gasteiger partial charge in [0.1, 0.15) is 5.75 Å². The molecule has 29 heavy (non-hydrogen) atoms. The zero-order valence-electron chi connectivity index (χ0n) is 16.4. The van der Waals surface area contributed by atoms with Gasteiger partial charge in [0, 0.05) is 18.3 Å². The highest BCUT2D eigenvalue weighted by atomic mass is 32.2. The Morgan fingerprint density at radius 3 is 2.31 bits per heavy atom. The van der Waals surface area contributed by atoms with Gasteiger partial charge in [-0.3, -0.25) is 4.98 Å². The largest absolute Gasteiger partial charge is 0.534 e. The summed E-state index contributed by atoms with van der Waals surface area (Å²) in [7, 11) is -5.70. The van der Waals surface area contributed by atoms with Crippen LogP contribution in [0.15, 0.2) is 30.5 Å². The molecule has 0 aliphatic heterocycles. The highest BCUT2D eigenvalue weighted by Gasteiger charge is 2.48. The van der Waals surface area contributed by atoms with Gasteiger partial charge in [-0.2, -0.15) is 21.6 Å². The van der Waals surface area contributed by atoms with E-state index in [0.29, 0.717) is 23.5 Å². The number of fused-ring (bicyclic) bond motifs is 1. The zero-order chi connectivity index (χ0) is 21.6. The van der Waals surface area contributed by atoms with Crippen LogP contribution in [0.2, 0.25) is 0 Å². The number of nitrogens with zero attached hydrogens (tertiary/aromatic N) is 1. The number of H-pyrrole nitrogens is 1. The lowest BCUT2D eigenvalue weighted by Gasteiger charge is -2.14. The minimum Gasteiger partial charge on any atom is -0.376 e. The average Bonchev–Trinajstić information content (AvgIpc) is 3.00. The second-order valence-corrected chi connectivity index (χ2v) is 8.83. The molecule has 1 N–H and O–H groups in total. The van der Waals surface area contributed by atoms with Crippen molar-refractivity contribution in [1.82, 2.24) is 9.97 Å². The van der Waals surface area contributed by atoms with Gasteiger partial charge in [0.05, 0.1) is 11.0 Å². The van der Waals surface area contributed by atoms with Crippen LogP contribution in [-0.4, -0.2) is 23.9 Å². The molecule has 3 rings (SSSR count). The molecule has 0 fully saturated rings. The second kappa shape index (κ2) is 7.37. The van der Waals surface area contributed by atoms with Crippen molar-refractivity contribution >= 4 is 21.2 Å². The van der Waals surface area contributed by atoms with E-state index < -0.39 is 15.6 Å². The van der Waals surface area contributed by atoms with E-state index in [1.54, 1.807) is 13.8 Å². The zero-order valence-corrected chi connectivity index (χ0v) is 17.2. The highest BCUT2D eigenvalue weighted by molar-refractivity contribution is 7.88. The van der Waals surface area contributed by atoms with E-state index in [1.807, 2.05) is 18.3 Å². The number of hydrogen-bond acceptors (Lipinski definition) is 4. The van der Waals surface area contributed by atoms with Crippen LogP contribution in [-0.2, 0) is 16.5 Å². The van der Waals surface area contributed by atoms with Gasteiger partial charge in [0.2, 0.25) is 0 Å². The number of rotatable bonds is 5. The fourth-order valence-corrected chi connectivity index (χ4v) is 3.68. The van der Waals surface area contributed by atoms with Gasteiger partial charge in [-0.1, -0.05) is 13.8 Å². The van der Waals surface area contributed by atoms with Crippen LogP contribution < -0.4 is 4.18 Å². The summed E-state index contributed by atoms with van der Waals surface area (Å²) >= 11 is 0. The van der Waals surface area contributed by atoms with E-state index in [4.69, 9.17) is 4.98 Å². The Balaban J connectivity index is 1.93. The number of benzene rings is 1. The second-order valence-electron chi connectivity index (χ2n) is 7.29. The number of halogens is 3. The Labute approximate surface area is 167 Å². The topological polar surface area (TPSA) is 72.1 Å². The molecule has 3 aromatic rings. The van der Waals surface area contributed by atoms with Gasteiger partial charge >= 0.3 is 15.6 Å². The monoisotopic (exact) mass is 426 g/mol. The van der Waals surface area contributed by atoms with E-state index in [2.05, 4.69) is 23.0 Å². The Kier molecular flexibility index (Phi) is 5.38. The molecule has 9 heteroatoms. The lowest BCUT2D eigenvalue weighted by atomic mass is 9.97. The van der Waals surface area contributed by atoms with Crippen LogP contribution in [0.1, 0.15) is 47.7 Å². The molecule has 0 radical (unpaired) electrons. The fourth-order valence-electron chi connectivity index (χ4n) is 3.23. The predicted octanol–water partition coefficient (Wildman–Crippen LogP) is 5.12. The van der Waals surface area contributed by atoms with E-state index in [1.165, 1.54) is 12.1 Å². The van der Waals surface area contributed by atoms with Crippen molar-refractivity contribution in [3.05, 3.63) is 58.4 Å². The number of aromatic nitrogens is 2.